The average Bonchev–Trinajstić information content (AvgIpc) is 2.49. The summed E-state index contributed by atoms with van der Waals surface area (Å²) in [6.45, 7) is 6.49. The number of carbonyl (C=O) groups excluding carboxylic acids is 1. The van der Waals surface area contributed by atoms with Gasteiger partial charge >= 0.3 is 0 Å². The third-order valence-corrected chi connectivity index (χ3v) is 4.61. The number of nitrogens with zero attached hydrogens (tertiary/aromatic N) is 2. The smallest absolute Gasteiger partial charge is 0.224 e. The minimum atomic E-state index is -0.222. The van der Waals surface area contributed by atoms with E-state index in [2.05, 4.69) is 15.3 Å². The van der Waals surface area contributed by atoms with Crippen LogP contribution in [0.2, 0.25) is 0 Å². The van der Waals surface area contributed by atoms with Gasteiger partial charge in [0.25, 0.3) is 0 Å². The molecule has 0 bridgehead atoms. The molecule has 2 rings (SSSR count). The van der Waals surface area contributed by atoms with Crippen molar-refractivity contribution in [2.75, 3.05) is 6.54 Å². The van der Waals surface area contributed by atoms with E-state index in [1.807, 2.05) is 20.8 Å². The zero-order valence-electron chi connectivity index (χ0n) is 14.0. The van der Waals surface area contributed by atoms with E-state index in [0.29, 0.717) is 13.0 Å². The summed E-state index contributed by atoms with van der Waals surface area (Å²) in [5, 5.41) is 3.00. The summed E-state index contributed by atoms with van der Waals surface area (Å²) in [5.74, 6) is 0.844. The Kier molecular flexibility index (Phi) is 5.51. The SMILES string of the molecule is CCc1nc(C)c(CC(=O)NCC2(N)CCCCC2)c(C)n1. The first kappa shape index (κ1) is 16.9. The van der Waals surface area contributed by atoms with Crippen LogP contribution in [0.5, 0.6) is 0 Å². The molecule has 1 saturated carbocycles. The third-order valence-electron chi connectivity index (χ3n) is 4.61. The average molecular weight is 304 g/mol. The third kappa shape index (κ3) is 4.26. The summed E-state index contributed by atoms with van der Waals surface area (Å²) in [7, 11) is 0. The monoisotopic (exact) mass is 304 g/mol. The van der Waals surface area contributed by atoms with Gasteiger partial charge in [-0.25, -0.2) is 9.97 Å². The second kappa shape index (κ2) is 7.18. The van der Waals surface area contributed by atoms with Crippen LogP contribution in [0.15, 0.2) is 0 Å². The van der Waals surface area contributed by atoms with Crippen LogP contribution in [0, 0.1) is 13.8 Å². The van der Waals surface area contributed by atoms with E-state index >= 15 is 0 Å². The Morgan fingerprint density at radius 3 is 2.32 bits per heavy atom. The van der Waals surface area contributed by atoms with E-state index in [9.17, 15) is 4.79 Å². The normalized spacial score (nSPS) is 17.3. The topological polar surface area (TPSA) is 80.9 Å². The highest BCUT2D eigenvalue weighted by molar-refractivity contribution is 5.79. The summed E-state index contributed by atoms with van der Waals surface area (Å²) in [6, 6.07) is 0. The molecule has 0 radical (unpaired) electrons. The molecule has 1 fully saturated rings. The summed E-state index contributed by atoms with van der Waals surface area (Å²) in [4.78, 5) is 21.1. The summed E-state index contributed by atoms with van der Waals surface area (Å²) in [6.07, 6.45) is 6.72. The van der Waals surface area contributed by atoms with E-state index in [1.165, 1.54) is 6.42 Å². The number of rotatable bonds is 5. The van der Waals surface area contributed by atoms with E-state index in [0.717, 1.165) is 54.9 Å². The fourth-order valence-electron chi connectivity index (χ4n) is 3.15. The number of hydrogen-bond acceptors (Lipinski definition) is 4. The van der Waals surface area contributed by atoms with Gasteiger partial charge in [-0.05, 0) is 26.7 Å². The van der Waals surface area contributed by atoms with Crippen LogP contribution in [0.3, 0.4) is 0 Å². The Morgan fingerprint density at radius 1 is 1.18 bits per heavy atom. The molecule has 5 nitrogen and oxygen atoms in total. The molecule has 0 spiro atoms. The number of nitrogens with one attached hydrogen (secondary N) is 1. The minimum Gasteiger partial charge on any atom is -0.354 e. The van der Waals surface area contributed by atoms with Crippen LogP contribution < -0.4 is 11.1 Å². The maximum Gasteiger partial charge on any atom is 0.224 e. The quantitative estimate of drug-likeness (QED) is 0.871. The number of carbonyl (C=O) groups is 1. The molecule has 1 aliphatic rings. The molecule has 1 aliphatic carbocycles. The Labute approximate surface area is 133 Å². The van der Waals surface area contributed by atoms with Crippen molar-refractivity contribution in [3.05, 3.63) is 22.8 Å². The first-order chi connectivity index (χ1) is 10.4. The zero-order valence-corrected chi connectivity index (χ0v) is 14.0. The molecule has 0 unspecified atom stereocenters. The van der Waals surface area contributed by atoms with Crippen molar-refractivity contribution in [3.63, 3.8) is 0 Å². The van der Waals surface area contributed by atoms with Gasteiger partial charge < -0.3 is 11.1 Å². The summed E-state index contributed by atoms with van der Waals surface area (Å²) < 4.78 is 0. The molecule has 1 amide bonds. The lowest BCUT2D eigenvalue weighted by Crippen LogP contribution is -2.51. The lowest BCUT2D eigenvalue weighted by atomic mass is 9.82. The van der Waals surface area contributed by atoms with Crippen molar-refractivity contribution in [3.8, 4) is 0 Å². The van der Waals surface area contributed by atoms with Crippen LogP contribution in [-0.4, -0.2) is 28.0 Å². The van der Waals surface area contributed by atoms with Crippen LogP contribution in [0.25, 0.3) is 0 Å². The Hall–Kier alpha value is -1.49. The highest BCUT2D eigenvalue weighted by atomic mass is 16.1. The minimum absolute atomic E-state index is 0.00875. The largest absolute Gasteiger partial charge is 0.354 e. The van der Waals surface area contributed by atoms with Gasteiger partial charge in [-0.15, -0.1) is 0 Å². The molecule has 0 aliphatic heterocycles. The summed E-state index contributed by atoms with van der Waals surface area (Å²) >= 11 is 0. The van der Waals surface area contributed by atoms with Crippen molar-refractivity contribution in [2.45, 2.75) is 71.3 Å². The molecule has 1 aromatic heterocycles. The predicted molar refractivity (Wildman–Crippen MR) is 87.6 cm³/mol. The highest BCUT2D eigenvalue weighted by Crippen LogP contribution is 2.25. The maximum atomic E-state index is 12.2. The van der Waals surface area contributed by atoms with Gasteiger partial charge in [0.05, 0.1) is 6.42 Å². The fraction of sp³-hybridized carbons (Fsp3) is 0.706. The molecule has 5 heteroatoms. The second-order valence-electron chi connectivity index (χ2n) is 6.52. The molecule has 3 N–H and O–H groups in total. The van der Waals surface area contributed by atoms with Gasteiger partial charge in [-0.1, -0.05) is 26.2 Å². The van der Waals surface area contributed by atoms with Gasteiger partial charge in [-0.3, -0.25) is 4.79 Å². The number of aromatic nitrogens is 2. The van der Waals surface area contributed by atoms with Gasteiger partial charge in [0.15, 0.2) is 0 Å². The van der Waals surface area contributed by atoms with Gasteiger partial charge in [0.1, 0.15) is 5.82 Å². The van der Waals surface area contributed by atoms with Crippen molar-refractivity contribution >= 4 is 5.91 Å². The standard InChI is InChI=1S/C17H28N4O/c1-4-15-20-12(2)14(13(3)21-15)10-16(22)19-11-17(18)8-6-5-7-9-17/h4-11,18H2,1-3H3,(H,19,22). The van der Waals surface area contributed by atoms with Crippen molar-refractivity contribution in [1.29, 1.82) is 0 Å². The maximum absolute atomic E-state index is 12.2. The second-order valence-corrected chi connectivity index (χ2v) is 6.52. The highest BCUT2D eigenvalue weighted by Gasteiger charge is 2.27. The van der Waals surface area contributed by atoms with Crippen LogP contribution in [-0.2, 0) is 17.6 Å². The number of nitrogens with two attached hydrogens (primary N) is 1. The molecule has 22 heavy (non-hydrogen) atoms. The molecular weight excluding hydrogens is 276 g/mol. The van der Waals surface area contributed by atoms with Crippen LogP contribution in [0.1, 0.15) is 61.8 Å². The van der Waals surface area contributed by atoms with Gasteiger partial charge in [0, 0.05) is 35.5 Å². The number of amides is 1. The lowest BCUT2D eigenvalue weighted by molar-refractivity contribution is -0.120. The first-order valence-corrected chi connectivity index (χ1v) is 8.32. The Bertz CT molecular complexity index is 512. The number of aryl methyl sites for hydroxylation is 3. The molecule has 1 heterocycles. The molecule has 0 saturated heterocycles. The molecule has 0 atom stereocenters. The van der Waals surface area contributed by atoms with Crippen molar-refractivity contribution in [1.82, 2.24) is 15.3 Å². The number of hydrogen-bond donors (Lipinski definition) is 2. The molecule has 122 valence electrons. The van der Waals surface area contributed by atoms with E-state index in [4.69, 9.17) is 5.73 Å². The van der Waals surface area contributed by atoms with Crippen molar-refractivity contribution in [2.24, 2.45) is 5.73 Å². The van der Waals surface area contributed by atoms with Crippen LogP contribution >= 0.6 is 0 Å². The fourth-order valence-corrected chi connectivity index (χ4v) is 3.15. The Morgan fingerprint density at radius 2 is 1.77 bits per heavy atom. The van der Waals surface area contributed by atoms with E-state index < -0.39 is 0 Å². The summed E-state index contributed by atoms with van der Waals surface area (Å²) in [5.41, 5.74) is 8.88. The van der Waals surface area contributed by atoms with Gasteiger partial charge in [-0.2, -0.15) is 0 Å². The predicted octanol–water partition coefficient (Wildman–Crippen LogP) is 1.98. The molecule has 1 aromatic rings. The molecule has 0 aromatic carbocycles. The first-order valence-electron chi connectivity index (χ1n) is 8.32. The van der Waals surface area contributed by atoms with Crippen LogP contribution in [0.4, 0.5) is 0 Å². The van der Waals surface area contributed by atoms with Gasteiger partial charge in [0.2, 0.25) is 5.91 Å². The Balaban J connectivity index is 1.94. The molecular formula is C17H28N4O. The zero-order chi connectivity index (χ0) is 16.2. The van der Waals surface area contributed by atoms with Crippen molar-refractivity contribution < 1.29 is 4.79 Å². The van der Waals surface area contributed by atoms with E-state index in [1.54, 1.807) is 0 Å². The van der Waals surface area contributed by atoms with E-state index in [-0.39, 0.29) is 11.4 Å². The lowest BCUT2D eigenvalue weighted by Gasteiger charge is -2.33.